The summed E-state index contributed by atoms with van der Waals surface area (Å²) in [5.74, 6) is -1.52. The highest BCUT2D eigenvalue weighted by molar-refractivity contribution is 6.30. The van der Waals surface area contributed by atoms with Crippen LogP contribution in [0.2, 0.25) is 5.02 Å². The number of benzene rings is 3. The lowest BCUT2D eigenvalue weighted by atomic mass is 9.98. The second-order valence-corrected chi connectivity index (χ2v) is 8.03. The number of alkyl carbamates (subject to hydrolysis) is 1. The van der Waals surface area contributed by atoms with Crippen LogP contribution in [0.25, 0.3) is 11.1 Å². The average molecular weight is 467 g/mol. The molecule has 1 amide bonds. The molecule has 9 heteroatoms. The molecular formula is C24H19ClN2O6. The van der Waals surface area contributed by atoms with Crippen LogP contribution >= 0.6 is 11.6 Å². The van der Waals surface area contributed by atoms with Crippen LogP contribution in [0, 0.1) is 10.1 Å². The van der Waals surface area contributed by atoms with Gasteiger partial charge in [-0.05, 0) is 28.3 Å². The lowest BCUT2D eigenvalue weighted by Crippen LogP contribution is -2.43. The molecule has 0 saturated heterocycles. The Hall–Kier alpha value is -3.91. The van der Waals surface area contributed by atoms with Crippen molar-refractivity contribution in [2.45, 2.75) is 18.4 Å². The lowest BCUT2D eigenvalue weighted by molar-refractivity contribution is -0.385. The summed E-state index contributed by atoms with van der Waals surface area (Å²) in [6, 6.07) is 18.2. The molecule has 1 atom stereocenters. The minimum Gasteiger partial charge on any atom is -0.480 e. The molecule has 168 valence electrons. The van der Waals surface area contributed by atoms with Crippen LogP contribution in [0.15, 0.2) is 66.7 Å². The highest BCUT2D eigenvalue weighted by atomic mass is 35.5. The van der Waals surface area contributed by atoms with Crippen LogP contribution in [0.1, 0.15) is 22.6 Å². The Morgan fingerprint density at radius 2 is 1.67 bits per heavy atom. The van der Waals surface area contributed by atoms with Crippen molar-refractivity contribution in [3.63, 3.8) is 0 Å². The summed E-state index contributed by atoms with van der Waals surface area (Å²) in [6.07, 6.45) is -1.21. The number of fused-ring (bicyclic) bond motifs is 3. The van der Waals surface area contributed by atoms with Gasteiger partial charge in [0, 0.05) is 29.0 Å². The van der Waals surface area contributed by atoms with Crippen LogP contribution in [0.3, 0.4) is 0 Å². The number of nitro benzene ring substituents is 1. The van der Waals surface area contributed by atoms with Gasteiger partial charge < -0.3 is 15.2 Å². The fraction of sp³-hybridized carbons (Fsp3) is 0.167. The number of carbonyl (C=O) groups is 2. The fourth-order valence-electron chi connectivity index (χ4n) is 4.08. The molecule has 1 unspecified atom stereocenters. The van der Waals surface area contributed by atoms with E-state index in [1.165, 1.54) is 12.1 Å². The van der Waals surface area contributed by atoms with Crippen molar-refractivity contribution in [2.24, 2.45) is 0 Å². The van der Waals surface area contributed by atoms with Crippen molar-refractivity contribution >= 4 is 29.4 Å². The van der Waals surface area contributed by atoms with Crippen LogP contribution in [0.4, 0.5) is 10.5 Å². The van der Waals surface area contributed by atoms with E-state index in [2.05, 4.69) is 5.32 Å². The molecule has 1 aliphatic rings. The molecule has 0 radical (unpaired) electrons. The first kappa shape index (κ1) is 22.3. The number of nitro groups is 1. The molecule has 0 fully saturated rings. The Morgan fingerprint density at radius 1 is 1.06 bits per heavy atom. The first-order chi connectivity index (χ1) is 15.8. The maximum absolute atomic E-state index is 12.5. The number of nitrogens with zero attached hydrogens (tertiary/aromatic N) is 1. The number of amides is 1. The van der Waals surface area contributed by atoms with Crippen LogP contribution in [-0.4, -0.2) is 34.7 Å². The van der Waals surface area contributed by atoms with Gasteiger partial charge in [-0.15, -0.1) is 0 Å². The van der Waals surface area contributed by atoms with Gasteiger partial charge in [0.2, 0.25) is 0 Å². The van der Waals surface area contributed by atoms with Gasteiger partial charge in [-0.1, -0.05) is 66.2 Å². The number of halogens is 1. The lowest BCUT2D eigenvalue weighted by Gasteiger charge is -2.17. The first-order valence-corrected chi connectivity index (χ1v) is 10.5. The number of carboxylic acids is 1. The summed E-state index contributed by atoms with van der Waals surface area (Å²) in [4.78, 5) is 34.8. The second kappa shape index (κ2) is 9.30. The minimum absolute atomic E-state index is 0.0211. The van der Waals surface area contributed by atoms with Gasteiger partial charge in [-0.25, -0.2) is 9.59 Å². The predicted molar refractivity (Wildman–Crippen MR) is 121 cm³/mol. The average Bonchev–Trinajstić information content (AvgIpc) is 3.12. The molecule has 4 rings (SSSR count). The van der Waals surface area contributed by atoms with E-state index >= 15 is 0 Å². The van der Waals surface area contributed by atoms with Crippen LogP contribution in [-0.2, 0) is 16.0 Å². The zero-order chi connectivity index (χ0) is 23.5. The van der Waals surface area contributed by atoms with Crippen molar-refractivity contribution in [3.8, 4) is 11.1 Å². The standard InChI is InChI=1S/C24H19ClN2O6/c25-15-10-9-14(22(12-15)27(31)32)11-21(23(28)29)26-24(30)33-13-20-18-7-3-1-5-16(18)17-6-2-4-8-19(17)20/h1-10,12,20-21H,11,13H2,(H,26,30)(H,28,29). The number of hydrogen-bond acceptors (Lipinski definition) is 5. The number of carbonyl (C=O) groups excluding carboxylic acids is 1. The molecule has 0 spiro atoms. The van der Waals surface area contributed by atoms with Gasteiger partial charge in [0.25, 0.3) is 5.69 Å². The molecule has 0 aliphatic heterocycles. The van der Waals surface area contributed by atoms with Crippen molar-refractivity contribution in [3.05, 3.63) is 98.6 Å². The van der Waals surface area contributed by atoms with E-state index in [0.29, 0.717) is 0 Å². The van der Waals surface area contributed by atoms with Gasteiger partial charge >= 0.3 is 12.1 Å². The van der Waals surface area contributed by atoms with E-state index in [1.54, 1.807) is 0 Å². The van der Waals surface area contributed by atoms with Crippen molar-refractivity contribution in [1.82, 2.24) is 5.32 Å². The third-order valence-corrected chi connectivity index (χ3v) is 5.84. The van der Waals surface area contributed by atoms with Gasteiger partial charge in [0.05, 0.1) is 4.92 Å². The molecule has 0 heterocycles. The summed E-state index contributed by atoms with van der Waals surface area (Å²) in [7, 11) is 0. The SMILES string of the molecule is O=C(NC(Cc1ccc(Cl)cc1[N+](=O)[O-])C(=O)O)OCC1c2ccccc2-c2ccccc21. The second-order valence-electron chi connectivity index (χ2n) is 7.59. The van der Waals surface area contributed by atoms with E-state index in [4.69, 9.17) is 16.3 Å². The normalized spacial score (nSPS) is 13.0. The first-order valence-electron chi connectivity index (χ1n) is 10.1. The molecule has 0 bridgehead atoms. The van der Waals surface area contributed by atoms with Crippen molar-refractivity contribution < 1.29 is 24.4 Å². The Balaban J connectivity index is 1.46. The summed E-state index contributed by atoms with van der Waals surface area (Å²) < 4.78 is 5.39. The third kappa shape index (κ3) is 4.65. The van der Waals surface area contributed by atoms with Crippen molar-refractivity contribution in [1.29, 1.82) is 0 Å². The summed E-state index contributed by atoms with van der Waals surface area (Å²) in [6.45, 7) is 0.0211. The minimum atomic E-state index is -1.42. The predicted octanol–water partition coefficient (Wildman–Crippen LogP) is 4.78. The molecule has 1 aliphatic carbocycles. The molecule has 0 saturated carbocycles. The molecule has 0 aromatic heterocycles. The van der Waals surface area contributed by atoms with E-state index in [-0.39, 0.29) is 35.2 Å². The molecule has 3 aromatic rings. The van der Waals surface area contributed by atoms with Crippen LogP contribution in [0.5, 0.6) is 0 Å². The Bertz CT molecular complexity index is 1200. The van der Waals surface area contributed by atoms with Crippen LogP contribution < -0.4 is 5.32 Å². The quantitative estimate of drug-likeness (QED) is 0.382. The van der Waals surface area contributed by atoms with E-state index in [1.807, 2.05) is 48.5 Å². The number of aliphatic carboxylic acids is 1. The summed E-state index contributed by atoms with van der Waals surface area (Å²) in [5.41, 5.74) is 4.01. The third-order valence-electron chi connectivity index (χ3n) is 5.60. The Morgan fingerprint density at radius 3 is 2.24 bits per heavy atom. The number of rotatable bonds is 7. The maximum atomic E-state index is 12.5. The Labute approximate surface area is 193 Å². The van der Waals surface area contributed by atoms with Gasteiger partial charge in [-0.3, -0.25) is 10.1 Å². The van der Waals surface area contributed by atoms with E-state index < -0.39 is 23.0 Å². The summed E-state index contributed by atoms with van der Waals surface area (Å²) in [5, 5.41) is 23.3. The van der Waals surface area contributed by atoms with Gasteiger partial charge in [0.15, 0.2) is 0 Å². The van der Waals surface area contributed by atoms with Gasteiger partial charge in [0.1, 0.15) is 12.6 Å². The smallest absolute Gasteiger partial charge is 0.407 e. The molecule has 33 heavy (non-hydrogen) atoms. The highest BCUT2D eigenvalue weighted by Gasteiger charge is 2.30. The topological polar surface area (TPSA) is 119 Å². The molecule has 2 N–H and O–H groups in total. The maximum Gasteiger partial charge on any atom is 0.407 e. The van der Waals surface area contributed by atoms with Gasteiger partial charge in [-0.2, -0.15) is 0 Å². The number of carboxylic acid groups (broad SMARTS) is 1. The van der Waals surface area contributed by atoms with E-state index in [9.17, 15) is 24.8 Å². The molecular weight excluding hydrogens is 448 g/mol. The largest absolute Gasteiger partial charge is 0.480 e. The monoisotopic (exact) mass is 466 g/mol. The number of ether oxygens (including phenoxy) is 1. The highest BCUT2D eigenvalue weighted by Crippen LogP contribution is 2.44. The Kier molecular flexibility index (Phi) is 6.28. The zero-order valence-electron chi connectivity index (χ0n) is 17.2. The zero-order valence-corrected chi connectivity index (χ0v) is 18.0. The fourth-order valence-corrected chi connectivity index (χ4v) is 4.25. The number of hydrogen-bond donors (Lipinski definition) is 2. The molecule has 8 nitrogen and oxygen atoms in total. The molecule has 3 aromatic carbocycles. The number of nitrogens with one attached hydrogen (secondary N) is 1. The summed E-state index contributed by atoms with van der Waals surface area (Å²) >= 11 is 5.81. The van der Waals surface area contributed by atoms with E-state index in [0.717, 1.165) is 28.3 Å². The van der Waals surface area contributed by atoms with Crippen molar-refractivity contribution in [2.75, 3.05) is 6.61 Å².